The number of halogens is 2. The van der Waals surface area contributed by atoms with Gasteiger partial charge < -0.3 is 14.4 Å². The number of hydrogen-bond acceptors (Lipinski definition) is 5. The molecule has 7 nitrogen and oxygen atoms in total. The second kappa shape index (κ2) is 8.39. The van der Waals surface area contributed by atoms with E-state index in [0.29, 0.717) is 27.2 Å². The van der Waals surface area contributed by atoms with Gasteiger partial charge in [0.2, 0.25) is 0 Å². The van der Waals surface area contributed by atoms with Crippen LogP contribution in [0.2, 0.25) is 10.0 Å². The van der Waals surface area contributed by atoms with E-state index >= 15 is 0 Å². The summed E-state index contributed by atoms with van der Waals surface area (Å²) in [6.07, 6.45) is 2.37. The first-order chi connectivity index (χ1) is 13.0. The summed E-state index contributed by atoms with van der Waals surface area (Å²) >= 11 is 12.1. The van der Waals surface area contributed by atoms with E-state index in [9.17, 15) is 15.2 Å². The minimum atomic E-state index is -0.871. The van der Waals surface area contributed by atoms with Crippen molar-refractivity contribution >= 4 is 28.9 Å². The second-order valence-electron chi connectivity index (χ2n) is 5.73. The van der Waals surface area contributed by atoms with Crippen LogP contribution in [-0.4, -0.2) is 32.3 Å². The van der Waals surface area contributed by atoms with E-state index in [1.54, 1.807) is 47.3 Å². The van der Waals surface area contributed by atoms with Gasteiger partial charge in [-0.3, -0.25) is 10.1 Å². The first kappa shape index (κ1) is 19.2. The highest BCUT2D eigenvalue weighted by Crippen LogP contribution is 2.32. The summed E-state index contributed by atoms with van der Waals surface area (Å²) in [6, 6.07) is 11.1. The van der Waals surface area contributed by atoms with E-state index < -0.39 is 11.0 Å². The van der Waals surface area contributed by atoms with Crippen LogP contribution in [-0.2, 0) is 6.54 Å². The Bertz CT molecular complexity index is 941. The Morgan fingerprint density at radius 2 is 1.93 bits per heavy atom. The molecule has 0 aliphatic heterocycles. The van der Waals surface area contributed by atoms with Crippen molar-refractivity contribution in [3.05, 3.63) is 75.0 Å². The third kappa shape index (κ3) is 4.57. The first-order valence-corrected chi connectivity index (χ1v) is 8.72. The molecule has 0 spiro atoms. The Morgan fingerprint density at radius 1 is 1.22 bits per heavy atom. The number of imidazole rings is 1. The van der Waals surface area contributed by atoms with Crippen molar-refractivity contribution in [1.29, 1.82) is 0 Å². The molecule has 1 atom stereocenters. The van der Waals surface area contributed by atoms with Gasteiger partial charge in [-0.05, 0) is 12.1 Å². The lowest BCUT2D eigenvalue weighted by molar-refractivity contribution is -0.384. The molecule has 0 bridgehead atoms. The fourth-order valence-corrected chi connectivity index (χ4v) is 3.06. The van der Waals surface area contributed by atoms with Gasteiger partial charge in [-0.2, -0.15) is 0 Å². The third-order valence-corrected chi connectivity index (χ3v) is 4.37. The summed E-state index contributed by atoms with van der Waals surface area (Å²) in [7, 11) is 0. The highest BCUT2D eigenvalue weighted by atomic mass is 35.5. The SMILES string of the molecule is O=[N+]([O-])c1cccc(-c2nccn2CC(O)COc2c(Cl)cccc2Cl)c1. The number of para-hydroxylation sites is 1. The van der Waals surface area contributed by atoms with Crippen molar-refractivity contribution in [3.63, 3.8) is 0 Å². The summed E-state index contributed by atoms with van der Waals surface area (Å²) in [5, 5.41) is 22.0. The summed E-state index contributed by atoms with van der Waals surface area (Å²) < 4.78 is 7.23. The standard InChI is InChI=1S/C18H15Cl2N3O4/c19-15-5-2-6-16(20)17(15)27-11-14(24)10-22-8-7-21-18(22)12-3-1-4-13(9-12)23(25)26/h1-9,14,24H,10-11H2. The molecule has 0 saturated heterocycles. The molecule has 27 heavy (non-hydrogen) atoms. The largest absolute Gasteiger partial charge is 0.488 e. The lowest BCUT2D eigenvalue weighted by Gasteiger charge is -2.16. The van der Waals surface area contributed by atoms with E-state index in [1.165, 1.54) is 12.1 Å². The zero-order valence-corrected chi connectivity index (χ0v) is 15.5. The maximum Gasteiger partial charge on any atom is 0.270 e. The molecule has 0 amide bonds. The van der Waals surface area contributed by atoms with Crippen molar-refractivity contribution in [2.45, 2.75) is 12.6 Å². The molecule has 1 heterocycles. The number of nitro benzene ring substituents is 1. The molecule has 3 aromatic rings. The zero-order chi connectivity index (χ0) is 19.4. The monoisotopic (exact) mass is 407 g/mol. The average Bonchev–Trinajstić information content (AvgIpc) is 3.09. The lowest BCUT2D eigenvalue weighted by atomic mass is 10.2. The van der Waals surface area contributed by atoms with Crippen LogP contribution < -0.4 is 4.74 Å². The quantitative estimate of drug-likeness (QED) is 0.467. The summed E-state index contributed by atoms with van der Waals surface area (Å²) in [6.45, 7) is 0.149. The van der Waals surface area contributed by atoms with Crippen LogP contribution in [0, 0.1) is 10.1 Å². The smallest absolute Gasteiger partial charge is 0.270 e. The summed E-state index contributed by atoms with van der Waals surface area (Å²) in [5.74, 6) is 0.818. The number of aromatic nitrogens is 2. The maximum atomic E-state index is 11.0. The molecular formula is C18H15Cl2N3O4. The molecule has 1 aromatic heterocycles. The summed E-state index contributed by atoms with van der Waals surface area (Å²) in [5.41, 5.74) is 0.552. The van der Waals surface area contributed by atoms with Gasteiger partial charge in [0.25, 0.3) is 5.69 Å². The Morgan fingerprint density at radius 3 is 2.63 bits per heavy atom. The van der Waals surface area contributed by atoms with Crippen LogP contribution in [0.3, 0.4) is 0 Å². The van der Waals surface area contributed by atoms with Gasteiger partial charge in [0.15, 0.2) is 5.75 Å². The number of nitro groups is 1. The van der Waals surface area contributed by atoms with Gasteiger partial charge in [-0.1, -0.05) is 41.4 Å². The first-order valence-electron chi connectivity index (χ1n) is 7.96. The molecule has 9 heteroatoms. The predicted octanol–water partition coefficient (Wildman–Crippen LogP) is 4.21. The minimum absolute atomic E-state index is 0.0284. The predicted molar refractivity (Wildman–Crippen MR) is 102 cm³/mol. The second-order valence-corrected chi connectivity index (χ2v) is 6.54. The lowest BCUT2D eigenvalue weighted by Crippen LogP contribution is -2.24. The molecule has 0 aliphatic rings. The highest BCUT2D eigenvalue weighted by molar-refractivity contribution is 6.37. The molecule has 2 aromatic carbocycles. The molecule has 3 rings (SSSR count). The van der Waals surface area contributed by atoms with E-state index in [2.05, 4.69) is 4.98 Å². The maximum absolute atomic E-state index is 11.0. The number of nitrogens with zero attached hydrogens (tertiary/aromatic N) is 3. The van der Waals surface area contributed by atoms with Gasteiger partial charge in [0.1, 0.15) is 18.5 Å². The van der Waals surface area contributed by atoms with Gasteiger partial charge in [0, 0.05) is 30.1 Å². The average molecular weight is 408 g/mol. The van der Waals surface area contributed by atoms with Crippen molar-refractivity contribution in [1.82, 2.24) is 9.55 Å². The van der Waals surface area contributed by atoms with E-state index in [-0.39, 0.29) is 18.8 Å². The Balaban J connectivity index is 1.71. The summed E-state index contributed by atoms with van der Waals surface area (Å²) in [4.78, 5) is 14.7. The Hall–Kier alpha value is -2.61. The van der Waals surface area contributed by atoms with Gasteiger partial charge in [-0.15, -0.1) is 0 Å². The van der Waals surface area contributed by atoms with E-state index in [4.69, 9.17) is 27.9 Å². The van der Waals surface area contributed by atoms with Gasteiger partial charge >= 0.3 is 0 Å². The van der Waals surface area contributed by atoms with Crippen LogP contribution >= 0.6 is 23.2 Å². The molecular weight excluding hydrogens is 393 g/mol. The van der Waals surface area contributed by atoms with Crippen LogP contribution in [0.1, 0.15) is 0 Å². The Kier molecular flexibility index (Phi) is 5.95. The molecule has 0 radical (unpaired) electrons. The number of ether oxygens (including phenoxy) is 1. The van der Waals surface area contributed by atoms with Crippen LogP contribution in [0.4, 0.5) is 5.69 Å². The van der Waals surface area contributed by atoms with Crippen LogP contribution in [0.15, 0.2) is 54.9 Å². The topological polar surface area (TPSA) is 90.4 Å². The van der Waals surface area contributed by atoms with Crippen molar-refractivity contribution in [3.8, 4) is 17.1 Å². The molecule has 0 fully saturated rings. The van der Waals surface area contributed by atoms with Crippen molar-refractivity contribution in [2.24, 2.45) is 0 Å². The van der Waals surface area contributed by atoms with Crippen LogP contribution in [0.5, 0.6) is 5.75 Å². The third-order valence-electron chi connectivity index (χ3n) is 3.78. The molecule has 1 N–H and O–H groups in total. The highest BCUT2D eigenvalue weighted by Gasteiger charge is 2.15. The zero-order valence-electron chi connectivity index (χ0n) is 14.0. The van der Waals surface area contributed by atoms with E-state index in [1.807, 2.05) is 0 Å². The number of benzene rings is 2. The number of hydrogen-bond donors (Lipinski definition) is 1. The fraction of sp³-hybridized carbons (Fsp3) is 0.167. The van der Waals surface area contributed by atoms with Crippen molar-refractivity contribution < 1.29 is 14.8 Å². The molecule has 140 valence electrons. The molecule has 0 aliphatic carbocycles. The normalized spacial score (nSPS) is 12.0. The molecule has 1 unspecified atom stereocenters. The number of non-ortho nitro benzene ring substituents is 1. The van der Waals surface area contributed by atoms with Gasteiger partial charge in [0.05, 0.1) is 21.5 Å². The number of aliphatic hydroxyl groups excluding tert-OH is 1. The van der Waals surface area contributed by atoms with Crippen molar-refractivity contribution in [2.75, 3.05) is 6.61 Å². The fourth-order valence-electron chi connectivity index (χ4n) is 2.56. The number of aliphatic hydroxyl groups is 1. The van der Waals surface area contributed by atoms with E-state index in [0.717, 1.165) is 0 Å². The minimum Gasteiger partial charge on any atom is -0.488 e. The molecule has 0 saturated carbocycles. The Labute approximate surface area is 164 Å². The van der Waals surface area contributed by atoms with Crippen LogP contribution in [0.25, 0.3) is 11.4 Å². The van der Waals surface area contributed by atoms with Gasteiger partial charge in [-0.25, -0.2) is 4.98 Å². The number of rotatable bonds is 7.